The van der Waals surface area contributed by atoms with E-state index in [9.17, 15) is 0 Å². The fraction of sp³-hybridized carbons (Fsp3) is 1.00. The monoisotopic (exact) mass is 238 g/mol. The summed E-state index contributed by atoms with van der Waals surface area (Å²) in [5.41, 5.74) is 6.33. The van der Waals surface area contributed by atoms with Crippen LogP contribution in [0.15, 0.2) is 0 Å². The van der Waals surface area contributed by atoms with Crippen LogP contribution in [0.4, 0.5) is 0 Å². The van der Waals surface area contributed by atoms with Crippen LogP contribution in [-0.4, -0.2) is 30.6 Å². The molecular formula is C15H30N2. The van der Waals surface area contributed by atoms with Crippen molar-refractivity contribution in [3.8, 4) is 0 Å². The Hall–Kier alpha value is -0.0800. The number of hydrogen-bond acceptors (Lipinski definition) is 2. The third kappa shape index (κ3) is 3.45. The van der Waals surface area contributed by atoms with E-state index in [1.807, 2.05) is 0 Å². The van der Waals surface area contributed by atoms with Gasteiger partial charge in [-0.1, -0.05) is 26.7 Å². The zero-order valence-electron chi connectivity index (χ0n) is 11.9. The molecule has 2 rings (SSSR count). The van der Waals surface area contributed by atoms with E-state index in [2.05, 4.69) is 25.8 Å². The zero-order valence-corrected chi connectivity index (χ0v) is 11.9. The molecule has 5 unspecified atom stereocenters. The first-order chi connectivity index (χ1) is 8.11. The Morgan fingerprint density at radius 2 is 1.94 bits per heavy atom. The Kier molecular flexibility index (Phi) is 4.48. The maximum atomic E-state index is 6.33. The minimum absolute atomic E-state index is 0.419. The van der Waals surface area contributed by atoms with E-state index in [0.29, 0.717) is 12.1 Å². The summed E-state index contributed by atoms with van der Waals surface area (Å²) < 4.78 is 0. The van der Waals surface area contributed by atoms with Crippen LogP contribution in [0.25, 0.3) is 0 Å². The van der Waals surface area contributed by atoms with Gasteiger partial charge in [0.1, 0.15) is 0 Å². The van der Waals surface area contributed by atoms with Crippen LogP contribution in [0, 0.1) is 17.8 Å². The number of nitrogens with zero attached hydrogens (tertiary/aromatic N) is 1. The molecule has 5 atom stereocenters. The number of nitrogens with two attached hydrogens (primary N) is 1. The molecule has 0 aromatic rings. The van der Waals surface area contributed by atoms with Crippen LogP contribution in [0.3, 0.4) is 0 Å². The number of likely N-dealkylation sites (N-methyl/N-ethyl adjacent to an activating group) is 1. The zero-order chi connectivity index (χ0) is 12.4. The Bertz CT molecular complexity index is 241. The third-order valence-electron chi connectivity index (χ3n) is 5.04. The minimum Gasteiger partial charge on any atom is -0.326 e. The molecule has 0 heterocycles. The first kappa shape index (κ1) is 13.4. The second-order valence-corrected chi connectivity index (χ2v) is 6.61. The Balaban J connectivity index is 1.83. The minimum atomic E-state index is 0.419. The second-order valence-electron chi connectivity index (χ2n) is 6.61. The summed E-state index contributed by atoms with van der Waals surface area (Å²) in [5, 5.41) is 0. The molecule has 2 aliphatic carbocycles. The van der Waals surface area contributed by atoms with Gasteiger partial charge in [-0.2, -0.15) is 0 Å². The normalized spacial score (nSPS) is 41.8. The lowest BCUT2D eigenvalue weighted by Crippen LogP contribution is -2.50. The highest BCUT2D eigenvalue weighted by Crippen LogP contribution is 2.39. The smallest absolute Gasteiger partial charge is 0.0246 e. The molecule has 0 bridgehead atoms. The van der Waals surface area contributed by atoms with Gasteiger partial charge < -0.3 is 10.6 Å². The molecular weight excluding hydrogens is 208 g/mol. The van der Waals surface area contributed by atoms with Crippen LogP contribution in [-0.2, 0) is 0 Å². The number of rotatable bonds is 5. The van der Waals surface area contributed by atoms with E-state index in [-0.39, 0.29) is 0 Å². The van der Waals surface area contributed by atoms with Crippen molar-refractivity contribution >= 4 is 0 Å². The van der Waals surface area contributed by atoms with Gasteiger partial charge >= 0.3 is 0 Å². The summed E-state index contributed by atoms with van der Waals surface area (Å²) in [6, 6.07) is 1.07. The van der Waals surface area contributed by atoms with E-state index >= 15 is 0 Å². The van der Waals surface area contributed by atoms with Crippen molar-refractivity contribution in [2.45, 2.75) is 64.5 Å². The summed E-state index contributed by atoms with van der Waals surface area (Å²) in [4.78, 5) is 2.57. The fourth-order valence-corrected chi connectivity index (χ4v) is 3.59. The lowest BCUT2D eigenvalue weighted by molar-refractivity contribution is 0.127. The molecule has 2 saturated carbocycles. The summed E-state index contributed by atoms with van der Waals surface area (Å²) >= 11 is 0. The highest BCUT2D eigenvalue weighted by atomic mass is 15.2. The van der Waals surface area contributed by atoms with Gasteiger partial charge in [-0.3, -0.25) is 0 Å². The predicted octanol–water partition coefficient (Wildman–Crippen LogP) is 2.87. The first-order valence-electron chi connectivity index (χ1n) is 7.57. The molecule has 2 heteroatoms. The van der Waals surface area contributed by atoms with E-state index in [0.717, 1.165) is 17.8 Å². The van der Waals surface area contributed by atoms with E-state index in [4.69, 9.17) is 5.73 Å². The Labute approximate surface area is 107 Å². The first-order valence-corrected chi connectivity index (χ1v) is 7.57. The van der Waals surface area contributed by atoms with Crippen molar-refractivity contribution in [1.29, 1.82) is 0 Å². The topological polar surface area (TPSA) is 29.3 Å². The van der Waals surface area contributed by atoms with Crippen molar-refractivity contribution in [3.63, 3.8) is 0 Å². The van der Waals surface area contributed by atoms with Crippen molar-refractivity contribution in [2.75, 3.05) is 13.6 Å². The molecule has 0 aromatic heterocycles. The van der Waals surface area contributed by atoms with Gasteiger partial charge in [0.25, 0.3) is 0 Å². The van der Waals surface area contributed by atoms with Crippen LogP contribution < -0.4 is 5.73 Å². The second kappa shape index (κ2) is 5.71. The van der Waals surface area contributed by atoms with Crippen LogP contribution in [0.1, 0.15) is 52.4 Å². The van der Waals surface area contributed by atoms with Gasteiger partial charge in [-0.15, -0.1) is 0 Å². The average molecular weight is 238 g/mol. The standard InChI is InChI=1S/C15H30N2/c1-4-5-12-6-7-14(16)15(9-12)17(3)10-13-8-11(13)2/h11-15H,4-10,16H2,1-3H3. The van der Waals surface area contributed by atoms with Crippen molar-refractivity contribution in [1.82, 2.24) is 4.90 Å². The molecule has 2 N–H and O–H groups in total. The predicted molar refractivity (Wildman–Crippen MR) is 73.9 cm³/mol. The molecule has 0 saturated heterocycles. The van der Waals surface area contributed by atoms with Crippen molar-refractivity contribution in [3.05, 3.63) is 0 Å². The molecule has 2 fully saturated rings. The largest absolute Gasteiger partial charge is 0.326 e. The van der Waals surface area contributed by atoms with Gasteiger partial charge in [0.15, 0.2) is 0 Å². The van der Waals surface area contributed by atoms with E-state index in [1.165, 1.54) is 45.1 Å². The summed E-state index contributed by atoms with van der Waals surface area (Å²) in [5.74, 6) is 2.85. The summed E-state index contributed by atoms with van der Waals surface area (Å²) in [7, 11) is 2.30. The highest BCUT2D eigenvalue weighted by molar-refractivity contribution is 4.92. The third-order valence-corrected chi connectivity index (χ3v) is 5.04. The molecule has 0 aliphatic heterocycles. The molecule has 100 valence electrons. The van der Waals surface area contributed by atoms with Crippen molar-refractivity contribution < 1.29 is 0 Å². The molecule has 0 spiro atoms. The quantitative estimate of drug-likeness (QED) is 0.798. The van der Waals surface area contributed by atoms with E-state index in [1.54, 1.807) is 0 Å². The molecule has 2 aliphatic rings. The maximum absolute atomic E-state index is 6.33. The van der Waals surface area contributed by atoms with Crippen molar-refractivity contribution in [2.24, 2.45) is 23.5 Å². The lowest BCUT2D eigenvalue weighted by atomic mass is 9.80. The van der Waals surface area contributed by atoms with Gasteiger partial charge in [-0.25, -0.2) is 0 Å². The summed E-state index contributed by atoms with van der Waals surface area (Å²) in [6.07, 6.45) is 8.10. The molecule has 0 radical (unpaired) electrons. The highest BCUT2D eigenvalue weighted by Gasteiger charge is 2.37. The lowest BCUT2D eigenvalue weighted by Gasteiger charge is -2.40. The molecule has 2 nitrogen and oxygen atoms in total. The van der Waals surface area contributed by atoms with Gasteiger partial charge in [0.05, 0.1) is 0 Å². The number of hydrogen-bond donors (Lipinski definition) is 1. The maximum Gasteiger partial charge on any atom is 0.0246 e. The van der Waals surface area contributed by atoms with Crippen LogP contribution >= 0.6 is 0 Å². The summed E-state index contributed by atoms with van der Waals surface area (Å²) in [6.45, 7) is 5.96. The average Bonchev–Trinajstić information content (AvgIpc) is 2.97. The SMILES string of the molecule is CCCC1CCC(N)C(N(C)CC2CC2C)C1. The van der Waals surface area contributed by atoms with Crippen LogP contribution in [0.2, 0.25) is 0 Å². The Morgan fingerprint density at radius 1 is 1.24 bits per heavy atom. The van der Waals surface area contributed by atoms with Gasteiger partial charge in [0.2, 0.25) is 0 Å². The Morgan fingerprint density at radius 3 is 2.53 bits per heavy atom. The molecule has 17 heavy (non-hydrogen) atoms. The molecule has 0 aromatic carbocycles. The van der Waals surface area contributed by atoms with Crippen LogP contribution in [0.5, 0.6) is 0 Å². The molecule has 0 amide bonds. The van der Waals surface area contributed by atoms with E-state index < -0.39 is 0 Å². The fourth-order valence-electron chi connectivity index (χ4n) is 3.59. The van der Waals surface area contributed by atoms with Gasteiger partial charge in [0, 0.05) is 18.6 Å². The van der Waals surface area contributed by atoms with Gasteiger partial charge in [-0.05, 0) is 50.5 Å².